The van der Waals surface area contributed by atoms with Crippen LogP contribution in [0.15, 0.2) is 41.0 Å². The van der Waals surface area contributed by atoms with Crippen LogP contribution >= 0.6 is 11.8 Å². The summed E-state index contributed by atoms with van der Waals surface area (Å²) in [5.41, 5.74) is 1.65. The number of ether oxygens (including phenoxy) is 3. The third-order valence-electron chi connectivity index (χ3n) is 3.20. The van der Waals surface area contributed by atoms with Gasteiger partial charge in [0, 0.05) is 11.8 Å². The molecule has 0 spiro atoms. The smallest absolute Gasteiger partial charge is 0.341 e. The number of methoxy groups -OCH3 is 2. The lowest BCUT2D eigenvalue weighted by Gasteiger charge is -2.22. The van der Waals surface area contributed by atoms with E-state index in [1.807, 2.05) is 13.0 Å². The van der Waals surface area contributed by atoms with Crippen molar-refractivity contribution in [3.63, 3.8) is 0 Å². The quantitative estimate of drug-likeness (QED) is 0.792. The van der Waals surface area contributed by atoms with Gasteiger partial charge in [0.2, 0.25) is 0 Å². The van der Waals surface area contributed by atoms with Crippen LogP contribution in [0.25, 0.3) is 0 Å². The van der Waals surface area contributed by atoms with Gasteiger partial charge in [0.15, 0.2) is 5.09 Å². The first-order valence-electron chi connectivity index (χ1n) is 7.27. The van der Waals surface area contributed by atoms with E-state index in [4.69, 9.17) is 19.5 Å². The molecule has 0 bridgehead atoms. The first-order chi connectivity index (χ1) is 11.6. The fraction of sp³-hybridized carbons (Fsp3) is 0.294. The minimum Gasteiger partial charge on any atom is -0.496 e. The van der Waals surface area contributed by atoms with Gasteiger partial charge in [0.05, 0.1) is 26.2 Å². The lowest BCUT2D eigenvalue weighted by atomic mass is 10.2. The van der Waals surface area contributed by atoms with E-state index in [0.29, 0.717) is 28.6 Å². The molecule has 1 aromatic rings. The zero-order valence-electron chi connectivity index (χ0n) is 13.7. The Hall–Kier alpha value is -2.59. The largest absolute Gasteiger partial charge is 0.496 e. The van der Waals surface area contributed by atoms with Gasteiger partial charge in [-0.2, -0.15) is 5.26 Å². The zero-order chi connectivity index (χ0) is 17.5. The van der Waals surface area contributed by atoms with Gasteiger partial charge in [-0.3, -0.25) is 0 Å². The fourth-order valence-electron chi connectivity index (χ4n) is 2.10. The molecule has 0 fully saturated rings. The summed E-state index contributed by atoms with van der Waals surface area (Å²) in [6.45, 7) is 2.37. The second-order valence-corrected chi connectivity index (χ2v) is 5.81. The van der Waals surface area contributed by atoms with Gasteiger partial charge in [-0.05, 0) is 25.1 Å². The molecule has 1 aromatic carbocycles. The average molecular weight is 346 g/mol. The van der Waals surface area contributed by atoms with Gasteiger partial charge < -0.3 is 19.5 Å². The molecule has 2 rings (SSSR count). The van der Waals surface area contributed by atoms with Crippen molar-refractivity contribution in [2.75, 3.05) is 26.1 Å². The number of hydrogen-bond donors (Lipinski definition) is 1. The number of hydrogen-bond acceptors (Lipinski definition) is 7. The zero-order valence-corrected chi connectivity index (χ0v) is 14.5. The van der Waals surface area contributed by atoms with Gasteiger partial charge in [0.25, 0.3) is 0 Å². The molecular formula is C17H18N2O4S. The molecular weight excluding hydrogens is 328 g/mol. The van der Waals surface area contributed by atoms with Crippen LogP contribution in [-0.2, 0) is 9.47 Å². The second-order valence-electron chi connectivity index (χ2n) is 4.69. The molecule has 0 aromatic heterocycles. The van der Waals surface area contributed by atoms with Crippen LogP contribution in [0.1, 0.15) is 17.3 Å². The number of allylic oxidation sites excluding steroid dienone is 2. The number of benzene rings is 1. The van der Waals surface area contributed by atoms with Crippen LogP contribution < -0.4 is 10.1 Å². The van der Waals surface area contributed by atoms with Crippen LogP contribution in [0.4, 0.5) is 5.69 Å². The van der Waals surface area contributed by atoms with Crippen molar-refractivity contribution < 1.29 is 19.0 Å². The Kier molecular flexibility index (Phi) is 6.15. The maximum Gasteiger partial charge on any atom is 0.341 e. The Bertz CT molecular complexity index is 722. The maximum absolute atomic E-state index is 11.7. The Morgan fingerprint density at radius 2 is 2.21 bits per heavy atom. The summed E-state index contributed by atoms with van der Waals surface area (Å²) in [6, 6.07) is 7.26. The molecule has 1 aliphatic rings. The molecule has 0 aliphatic carbocycles. The topological polar surface area (TPSA) is 80.6 Å². The van der Waals surface area contributed by atoms with Crippen LogP contribution in [0.5, 0.6) is 5.75 Å². The molecule has 6 nitrogen and oxygen atoms in total. The van der Waals surface area contributed by atoms with Crippen molar-refractivity contribution in [2.45, 2.75) is 12.3 Å². The second kappa shape index (κ2) is 8.31. The minimum atomic E-state index is -0.453. The van der Waals surface area contributed by atoms with E-state index in [1.54, 1.807) is 24.3 Å². The Labute approximate surface area is 145 Å². The normalized spacial score (nSPS) is 16.3. The summed E-state index contributed by atoms with van der Waals surface area (Å²) in [6.07, 6.45) is 3.62. The number of esters is 1. The lowest BCUT2D eigenvalue weighted by Crippen LogP contribution is -2.16. The predicted octanol–water partition coefficient (Wildman–Crippen LogP) is 3.29. The van der Waals surface area contributed by atoms with E-state index in [9.17, 15) is 4.79 Å². The standard InChI is InChI=1S/C17H18N2O4S/c1-4-23-17-11(10-18)5-8-15(24-17)19-12-6-7-13(16(20)22-3)14(9-12)21-2/h5-9,15,19H,4H2,1-3H3. The monoisotopic (exact) mass is 346 g/mol. The number of nitrogens with zero attached hydrogens (tertiary/aromatic N) is 1. The molecule has 1 unspecified atom stereocenters. The van der Waals surface area contributed by atoms with E-state index in [1.165, 1.54) is 26.0 Å². The van der Waals surface area contributed by atoms with Gasteiger partial charge in [0.1, 0.15) is 23.0 Å². The number of nitriles is 1. The lowest BCUT2D eigenvalue weighted by molar-refractivity contribution is 0.0597. The number of carbonyl (C=O) groups excluding carboxylic acids is 1. The Morgan fingerprint density at radius 3 is 2.83 bits per heavy atom. The van der Waals surface area contributed by atoms with Crippen LogP contribution in [-0.4, -0.2) is 32.2 Å². The summed E-state index contributed by atoms with van der Waals surface area (Å²) in [5, 5.41) is 12.9. The molecule has 1 atom stereocenters. The van der Waals surface area contributed by atoms with Crippen molar-refractivity contribution in [3.05, 3.63) is 46.6 Å². The van der Waals surface area contributed by atoms with Crippen LogP contribution in [0, 0.1) is 11.3 Å². The molecule has 126 valence electrons. The van der Waals surface area contributed by atoms with E-state index in [-0.39, 0.29) is 5.37 Å². The van der Waals surface area contributed by atoms with Crippen LogP contribution in [0.3, 0.4) is 0 Å². The maximum atomic E-state index is 11.7. The molecule has 0 saturated carbocycles. The Morgan fingerprint density at radius 1 is 1.42 bits per heavy atom. The van der Waals surface area contributed by atoms with Crippen molar-refractivity contribution in [2.24, 2.45) is 0 Å². The highest BCUT2D eigenvalue weighted by atomic mass is 32.2. The molecule has 0 saturated heterocycles. The summed E-state index contributed by atoms with van der Waals surface area (Å²) < 4.78 is 15.5. The fourth-order valence-corrected chi connectivity index (χ4v) is 3.11. The number of rotatable bonds is 6. The van der Waals surface area contributed by atoms with Crippen molar-refractivity contribution in [1.82, 2.24) is 0 Å². The number of carbonyl (C=O) groups is 1. The first-order valence-corrected chi connectivity index (χ1v) is 8.15. The third kappa shape index (κ3) is 4.03. The van der Waals surface area contributed by atoms with E-state index in [2.05, 4.69) is 11.4 Å². The third-order valence-corrected chi connectivity index (χ3v) is 4.28. The Balaban J connectivity index is 2.15. The predicted molar refractivity (Wildman–Crippen MR) is 92.7 cm³/mol. The van der Waals surface area contributed by atoms with E-state index >= 15 is 0 Å². The molecule has 1 aliphatic heterocycles. The first kappa shape index (κ1) is 17.8. The molecule has 0 radical (unpaired) electrons. The van der Waals surface area contributed by atoms with Gasteiger partial charge >= 0.3 is 5.97 Å². The number of thioether (sulfide) groups is 1. The van der Waals surface area contributed by atoms with E-state index < -0.39 is 5.97 Å². The number of nitrogens with one attached hydrogen (secondary N) is 1. The molecule has 7 heteroatoms. The van der Waals surface area contributed by atoms with Crippen molar-refractivity contribution >= 4 is 23.4 Å². The molecule has 1 heterocycles. The average Bonchev–Trinajstić information content (AvgIpc) is 2.61. The van der Waals surface area contributed by atoms with Gasteiger partial charge in [-0.1, -0.05) is 17.8 Å². The number of anilines is 1. The van der Waals surface area contributed by atoms with Crippen molar-refractivity contribution in [3.8, 4) is 11.8 Å². The van der Waals surface area contributed by atoms with Crippen molar-refractivity contribution in [1.29, 1.82) is 5.26 Å². The highest BCUT2D eigenvalue weighted by Crippen LogP contribution is 2.33. The SMILES string of the molecule is CCOC1=C(C#N)C=CC(Nc2ccc(C(=O)OC)c(OC)c2)S1. The molecule has 1 N–H and O–H groups in total. The minimum absolute atomic E-state index is 0.0997. The van der Waals surface area contributed by atoms with E-state index in [0.717, 1.165) is 5.69 Å². The summed E-state index contributed by atoms with van der Waals surface area (Å²) >= 11 is 1.42. The van der Waals surface area contributed by atoms with Gasteiger partial charge in [-0.15, -0.1) is 0 Å². The molecule has 0 amide bonds. The van der Waals surface area contributed by atoms with Gasteiger partial charge in [-0.25, -0.2) is 4.79 Å². The summed E-state index contributed by atoms with van der Waals surface area (Å²) in [7, 11) is 2.82. The highest BCUT2D eigenvalue weighted by molar-refractivity contribution is 8.03. The highest BCUT2D eigenvalue weighted by Gasteiger charge is 2.19. The molecule has 24 heavy (non-hydrogen) atoms. The summed E-state index contributed by atoms with van der Waals surface area (Å²) in [4.78, 5) is 11.7. The van der Waals surface area contributed by atoms with Crippen LogP contribution in [0.2, 0.25) is 0 Å². The summed E-state index contributed by atoms with van der Waals surface area (Å²) in [5.74, 6) is -0.0273.